The molecule has 1 aliphatic heterocycles. The van der Waals surface area contributed by atoms with Crippen LogP contribution in [0.5, 0.6) is 0 Å². The second-order valence-corrected chi connectivity index (χ2v) is 12.9. The number of rotatable bonds is 9. The molecular weight excluding hydrogens is 599 g/mol. The van der Waals surface area contributed by atoms with Gasteiger partial charge in [0, 0.05) is 31.7 Å². The summed E-state index contributed by atoms with van der Waals surface area (Å²) in [5.74, 6) is -1.15. The van der Waals surface area contributed by atoms with Gasteiger partial charge in [0.25, 0.3) is 0 Å². The average Bonchev–Trinajstić information content (AvgIpc) is 3.85. The van der Waals surface area contributed by atoms with Gasteiger partial charge in [-0.2, -0.15) is 0 Å². The third-order valence-electron chi connectivity index (χ3n) is 7.76. The maximum atomic E-state index is 14.7. The lowest BCUT2D eigenvalue weighted by atomic mass is 9.77. The van der Waals surface area contributed by atoms with Gasteiger partial charge in [-0.25, -0.2) is 4.79 Å². The van der Waals surface area contributed by atoms with E-state index < -0.39 is 23.7 Å². The summed E-state index contributed by atoms with van der Waals surface area (Å²) in [6.45, 7) is 6.14. The molecule has 3 aromatic rings. The van der Waals surface area contributed by atoms with Gasteiger partial charge >= 0.3 is 6.09 Å². The van der Waals surface area contributed by atoms with Crippen LogP contribution in [0, 0.1) is 5.92 Å². The molecule has 9 heteroatoms. The first-order chi connectivity index (χ1) is 21.1. The van der Waals surface area contributed by atoms with Gasteiger partial charge in [-0.15, -0.1) is 0 Å². The zero-order chi connectivity index (χ0) is 31.4. The SMILES string of the molecule is COCO[C@@H]1CN(C(=O)OC(C)(C)C)C[C@H](C(=O)N(Cc2cccc(Cl)c2Cl)C2=CC2)[C@H]1c1cccc(-c2ccccc2)c1. The van der Waals surface area contributed by atoms with E-state index in [0.29, 0.717) is 16.5 Å². The van der Waals surface area contributed by atoms with E-state index in [0.717, 1.165) is 28.0 Å². The minimum Gasteiger partial charge on any atom is -0.444 e. The topological polar surface area (TPSA) is 68.3 Å². The standard InChI is InChI=1S/C35H38Cl2N2O5/c1-35(2,3)44-34(41)38-20-28(33(40)39(27-16-17-27)19-26-14-9-15-29(36)32(26)37)31(30(21-38)43-22-42-4)25-13-8-12-24(18-25)23-10-6-5-7-11-23/h5-16,18,28,30-31H,17,19-22H2,1-4H3/t28-,30+,31+/m0/s1. The van der Waals surface area contributed by atoms with Crippen molar-refractivity contribution in [3.63, 3.8) is 0 Å². The molecule has 0 unspecified atom stereocenters. The summed E-state index contributed by atoms with van der Waals surface area (Å²) in [4.78, 5) is 31.5. The van der Waals surface area contributed by atoms with Crippen LogP contribution in [-0.2, 0) is 25.5 Å². The Morgan fingerprint density at radius 1 is 0.955 bits per heavy atom. The molecule has 5 rings (SSSR count). The van der Waals surface area contributed by atoms with Crippen molar-refractivity contribution < 1.29 is 23.8 Å². The number of ether oxygens (including phenoxy) is 3. The third kappa shape index (κ3) is 7.64. The molecule has 0 radical (unpaired) electrons. The van der Waals surface area contributed by atoms with Crippen molar-refractivity contribution in [3.8, 4) is 11.1 Å². The quantitative estimate of drug-likeness (QED) is 0.223. The largest absolute Gasteiger partial charge is 0.444 e. The van der Waals surface area contributed by atoms with Gasteiger partial charge in [-0.1, -0.05) is 96.0 Å². The Bertz CT molecular complexity index is 1520. The van der Waals surface area contributed by atoms with Gasteiger partial charge in [-0.3, -0.25) is 4.79 Å². The van der Waals surface area contributed by atoms with Crippen LogP contribution < -0.4 is 0 Å². The van der Waals surface area contributed by atoms with Gasteiger partial charge in [0.15, 0.2) is 0 Å². The number of benzene rings is 3. The third-order valence-corrected chi connectivity index (χ3v) is 8.62. The summed E-state index contributed by atoms with van der Waals surface area (Å²) in [5.41, 5.74) is 4.00. The van der Waals surface area contributed by atoms with Crippen LogP contribution in [0.25, 0.3) is 11.1 Å². The van der Waals surface area contributed by atoms with E-state index in [-0.39, 0.29) is 38.3 Å². The van der Waals surface area contributed by atoms with Gasteiger partial charge in [-0.05, 0) is 49.1 Å². The van der Waals surface area contributed by atoms with E-state index in [9.17, 15) is 9.59 Å². The molecule has 3 aromatic carbocycles. The normalized spacial score (nSPS) is 19.7. The van der Waals surface area contributed by atoms with Crippen LogP contribution in [0.4, 0.5) is 4.79 Å². The summed E-state index contributed by atoms with van der Waals surface area (Å²) in [6, 6.07) is 23.7. The highest BCUT2D eigenvalue weighted by Gasteiger charge is 2.46. The zero-order valence-corrected chi connectivity index (χ0v) is 27.0. The first-order valence-corrected chi connectivity index (χ1v) is 15.5. The Hall–Kier alpha value is -3.36. The molecule has 0 spiro atoms. The lowest BCUT2D eigenvalue weighted by molar-refractivity contribution is -0.145. The van der Waals surface area contributed by atoms with Crippen LogP contribution in [0.2, 0.25) is 10.0 Å². The van der Waals surface area contributed by atoms with E-state index >= 15 is 0 Å². The van der Waals surface area contributed by atoms with Crippen LogP contribution >= 0.6 is 23.2 Å². The van der Waals surface area contributed by atoms with Crippen LogP contribution in [0.3, 0.4) is 0 Å². The van der Waals surface area contributed by atoms with Crippen molar-refractivity contribution in [2.45, 2.75) is 51.4 Å². The fourth-order valence-electron chi connectivity index (χ4n) is 5.67. The van der Waals surface area contributed by atoms with Crippen molar-refractivity contribution in [1.29, 1.82) is 0 Å². The zero-order valence-electron chi connectivity index (χ0n) is 25.5. The molecule has 2 aliphatic rings. The molecule has 2 amide bonds. The number of nitrogens with zero attached hydrogens (tertiary/aromatic N) is 2. The van der Waals surface area contributed by atoms with E-state index in [1.165, 1.54) is 0 Å². The van der Waals surface area contributed by atoms with Crippen LogP contribution in [0.1, 0.15) is 44.2 Å². The number of methoxy groups -OCH3 is 1. The molecule has 0 saturated carbocycles. The Balaban J connectivity index is 1.56. The van der Waals surface area contributed by atoms with Gasteiger partial charge in [0.1, 0.15) is 12.4 Å². The molecule has 0 aromatic heterocycles. The molecule has 1 heterocycles. The Morgan fingerprint density at radius 2 is 1.66 bits per heavy atom. The fourth-order valence-corrected chi connectivity index (χ4v) is 6.05. The molecule has 1 saturated heterocycles. The van der Waals surface area contributed by atoms with Crippen molar-refractivity contribution in [1.82, 2.24) is 9.80 Å². The average molecular weight is 638 g/mol. The lowest BCUT2D eigenvalue weighted by Crippen LogP contribution is -2.56. The van der Waals surface area contributed by atoms with E-state index in [1.807, 2.05) is 69.3 Å². The molecule has 232 valence electrons. The van der Waals surface area contributed by atoms with E-state index in [4.69, 9.17) is 37.4 Å². The number of allylic oxidation sites excluding steroid dienone is 2. The number of piperidine rings is 1. The number of carbonyl (C=O) groups excluding carboxylic acids is 2. The Morgan fingerprint density at radius 3 is 2.34 bits per heavy atom. The molecule has 1 fully saturated rings. The van der Waals surface area contributed by atoms with Gasteiger partial charge in [0.2, 0.25) is 5.91 Å². The molecular formula is C35H38Cl2N2O5. The maximum absolute atomic E-state index is 14.7. The number of likely N-dealkylation sites (tertiary alicyclic amines) is 1. The minimum absolute atomic E-state index is 0.00952. The van der Waals surface area contributed by atoms with Crippen LogP contribution in [-0.4, -0.2) is 60.5 Å². The highest BCUT2D eigenvalue weighted by atomic mass is 35.5. The Kier molecular flexibility index (Phi) is 10.0. The molecule has 44 heavy (non-hydrogen) atoms. The van der Waals surface area contributed by atoms with Gasteiger partial charge in [0.05, 0.1) is 35.2 Å². The molecule has 1 aliphatic carbocycles. The molecule has 0 bridgehead atoms. The first kappa shape index (κ1) is 32.0. The number of amides is 2. The summed E-state index contributed by atoms with van der Waals surface area (Å²) in [7, 11) is 1.55. The summed E-state index contributed by atoms with van der Waals surface area (Å²) < 4.78 is 17.3. The summed E-state index contributed by atoms with van der Waals surface area (Å²) >= 11 is 12.9. The van der Waals surface area contributed by atoms with Crippen molar-refractivity contribution in [3.05, 3.63) is 106 Å². The second kappa shape index (κ2) is 13.7. The van der Waals surface area contributed by atoms with Gasteiger partial charge < -0.3 is 24.0 Å². The Labute approximate surface area is 269 Å². The summed E-state index contributed by atoms with van der Waals surface area (Å²) in [5, 5.41) is 0.847. The molecule has 7 nitrogen and oxygen atoms in total. The number of hydrogen-bond donors (Lipinski definition) is 0. The van der Waals surface area contributed by atoms with Crippen molar-refractivity contribution >= 4 is 35.2 Å². The summed E-state index contributed by atoms with van der Waals surface area (Å²) in [6.07, 6.45) is 1.67. The van der Waals surface area contributed by atoms with E-state index in [1.54, 1.807) is 23.0 Å². The molecule has 3 atom stereocenters. The highest BCUT2D eigenvalue weighted by Crippen LogP contribution is 2.41. The van der Waals surface area contributed by atoms with E-state index in [2.05, 4.69) is 24.3 Å². The fraction of sp³-hybridized carbons (Fsp3) is 0.371. The second-order valence-electron chi connectivity index (χ2n) is 12.2. The molecule has 0 N–H and O–H groups in total. The van der Waals surface area contributed by atoms with Crippen LogP contribution in [0.15, 0.2) is 84.6 Å². The monoisotopic (exact) mass is 636 g/mol. The number of carbonyl (C=O) groups is 2. The minimum atomic E-state index is -0.700. The van der Waals surface area contributed by atoms with Crippen molar-refractivity contribution in [2.75, 3.05) is 27.0 Å². The lowest BCUT2D eigenvalue weighted by Gasteiger charge is -2.44. The van der Waals surface area contributed by atoms with Crippen molar-refractivity contribution in [2.24, 2.45) is 5.92 Å². The first-order valence-electron chi connectivity index (χ1n) is 14.7. The highest BCUT2D eigenvalue weighted by molar-refractivity contribution is 6.42. The maximum Gasteiger partial charge on any atom is 0.410 e. The number of hydrogen-bond acceptors (Lipinski definition) is 5. The predicted octanol–water partition coefficient (Wildman–Crippen LogP) is 7.92. The number of halogens is 2. The smallest absolute Gasteiger partial charge is 0.410 e. The predicted molar refractivity (Wildman–Crippen MR) is 172 cm³/mol.